The first-order valence-electron chi connectivity index (χ1n) is 11.9. The van der Waals surface area contributed by atoms with Gasteiger partial charge in [0.1, 0.15) is 12.4 Å². The first kappa shape index (κ1) is 25.3. The van der Waals surface area contributed by atoms with Crippen LogP contribution in [0.5, 0.6) is 11.5 Å². The van der Waals surface area contributed by atoms with Gasteiger partial charge in [-0.2, -0.15) is 0 Å². The smallest absolute Gasteiger partial charge is 0.224 e. The summed E-state index contributed by atoms with van der Waals surface area (Å²) in [5.74, 6) is 2.27. The molecule has 1 aromatic heterocycles. The van der Waals surface area contributed by atoms with Crippen molar-refractivity contribution in [3.05, 3.63) is 101 Å². The van der Waals surface area contributed by atoms with E-state index in [2.05, 4.69) is 22.5 Å². The molecule has 7 heteroatoms. The Hall–Kier alpha value is -3.77. The van der Waals surface area contributed by atoms with Crippen molar-refractivity contribution in [1.29, 1.82) is 0 Å². The lowest BCUT2D eigenvalue weighted by molar-refractivity contribution is -0.120. The van der Waals surface area contributed by atoms with Gasteiger partial charge in [0.25, 0.3) is 0 Å². The number of carbonyl (C=O) groups excluding carboxylic acids is 1. The Bertz CT molecular complexity index is 1330. The summed E-state index contributed by atoms with van der Waals surface area (Å²) in [7, 11) is 1.64. The Morgan fingerprint density at radius 3 is 2.64 bits per heavy atom. The van der Waals surface area contributed by atoms with Gasteiger partial charge in [0.2, 0.25) is 5.91 Å². The zero-order valence-corrected chi connectivity index (χ0v) is 21.1. The maximum atomic E-state index is 12.4. The molecular formula is C29H30ClN3O3. The number of rotatable bonds is 12. The van der Waals surface area contributed by atoms with Crippen molar-refractivity contribution in [1.82, 2.24) is 14.9 Å². The molecule has 3 aromatic carbocycles. The maximum absolute atomic E-state index is 12.4. The number of hydrogen-bond acceptors (Lipinski definition) is 4. The second-order valence-corrected chi connectivity index (χ2v) is 8.83. The highest BCUT2D eigenvalue weighted by molar-refractivity contribution is 6.30. The number of benzene rings is 3. The van der Waals surface area contributed by atoms with Crippen molar-refractivity contribution >= 4 is 28.5 Å². The highest BCUT2D eigenvalue weighted by Gasteiger charge is 2.12. The quantitative estimate of drug-likeness (QED) is 0.263. The normalized spacial score (nSPS) is 10.8. The fraction of sp³-hybridized carbons (Fsp3) is 0.241. The van der Waals surface area contributed by atoms with Gasteiger partial charge in [-0.1, -0.05) is 48.0 Å². The Morgan fingerprint density at radius 2 is 1.86 bits per heavy atom. The number of fused-ring (bicyclic) bond motifs is 1. The van der Waals surface area contributed by atoms with E-state index in [0.717, 1.165) is 34.4 Å². The summed E-state index contributed by atoms with van der Waals surface area (Å²) in [4.78, 5) is 17.2. The molecule has 0 saturated heterocycles. The van der Waals surface area contributed by atoms with Crippen molar-refractivity contribution in [3.8, 4) is 11.5 Å². The number of hydrogen-bond donors (Lipinski definition) is 1. The van der Waals surface area contributed by atoms with E-state index in [4.69, 9.17) is 26.1 Å². The Morgan fingerprint density at radius 1 is 1.08 bits per heavy atom. The van der Waals surface area contributed by atoms with Gasteiger partial charge in [-0.25, -0.2) is 4.98 Å². The minimum Gasteiger partial charge on any atom is -0.493 e. The number of imidazole rings is 1. The molecule has 0 fully saturated rings. The Kier molecular flexibility index (Phi) is 8.63. The van der Waals surface area contributed by atoms with Gasteiger partial charge < -0.3 is 19.4 Å². The Balaban J connectivity index is 1.38. The molecule has 0 saturated carbocycles. The van der Waals surface area contributed by atoms with Crippen LogP contribution in [-0.2, 0) is 30.6 Å². The molecule has 1 amide bonds. The molecule has 1 N–H and O–H groups in total. The molecule has 0 atom stereocenters. The zero-order valence-electron chi connectivity index (χ0n) is 20.4. The first-order chi connectivity index (χ1) is 17.6. The average molecular weight is 504 g/mol. The number of methoxy groups -OCH3 is 1. The van der Waals surface area contributed by atoms with E-state index in [0.29, 0.717) is 49.1 Å². The SMILES string of the molecule is C=CCc1ccc(OCCn2c(CCNC(=O)Cc3ccc(Cl)cc3)nc3ccccc32)c(OC)c1. The molecule has 36 heavy (non-hydrogen) atoms. The van der Waals surface area contributed by atoms with Crippen LogP contribution in [0.1, 0.15) is 17.0 Å². The average Bonchev–Trinajstić information content (AvgIpc) is 3.23. The summed E-state index contributed by atoms with van der Waals surface area (Å²) >= 11 is 5.92. The van der Waals surface area contributed by atoms with Crippen molar-refractivity contribution in [3.63, 3.8) is 0 Å². The molecule has 186 valence electrons. The van der Waals surface area contributed by atoms with E-state index in [1.54, 1.807) is 19.2 Å². The van der Waals surface area contributed by atoms with Gasteiger partial charge >= 0.3 is 0 Å². The standard InChI is InChI=1S/C29H30ClN3O3/c1-3-6-21-11-14-26(27(19-21)35-2)36-18-17-33-25-8-5-4-7-24(25)32-28(33)15-16-31-29(34)20-22-9-12-23(30)13-10-22/h3-5,7-14,19H,1,6,15-18,20H2,2H3,(H,31,34). The van der Waals surface area contributed by atoms with E-state index in [-0.39, 0.29) is 5.91 Å². The number of amides is 1. The summed E-state index contributed by atoms with van der Waals surface area (Å²) in [6.07, 6.45) is 3.56. The summed E-state index contributed by atoms with van der Waals surface area (Å²) < 4.78 is 13.7. The van der Waals surface area contributed by atoms with Gasteiger partial charge in [0.05, 0.1) is 31.1 Å². The van der Waals surface area contributed by atoms with Crippen LogP contribution in [0, 0.1) is 0 Å². The lowest BCUT2D eigenvalue weighted by Crippen LogP contribution is -2.28. The zero-order chi connectivity index (χ0) is 25.3. The maximum Gasteiger partial charge on any atom is 0.224 e. The summed E-state index contributed by atoms with van der Waals surface area (Å²) in [6.45, 7) is 5.35. The largest absolute Gasteiger partial charge is 0.493 e. The van der Waals surface area contributed by atoms with Gasteiger partial charge in [-0.3, -0.25) is 4.79 Å². The topological polar surface area (TPSA) is 65.4 Å². The molecule has 0 unspecified atom stereocenters. The number of aromatic nitrogens is 2. The number of allylic oxidation sites excluding steroid dienone is 1. The number of carbonyl (C=O) groups is 1. The van der Waals surface area contributed by atoms with E-state index >= 15 is 0 Å². The molecule has 0 aliphatic heterocycles. The summed E-state index contributed by atoms with van der Waals surface area (Å²) in [6, 6.07) is 21.3. The van der Waals surface area contributed by atoms with Gasteiger partial charge in [0, 0.05) is 18.0 Å². The van der Waals surface area contributed by atoms with Gasteiger partial charge in [0.15, 0.2) is 11.5 Å². The van der Waals surface area contributed by atoms with Crippen LogP contribution in [0.15, 0.2) is 79.4 Å². The Labute approximate surface area is 216 Å². The van der Waals surface area contributed by atoms with E-state index < -0.39 is 0 Å². The fourth-order valence-corrected chi connectivity index (χ4v) is 4.23. The third kappa shape index (κ3) is 6.46. The van der Waals surface area contributed by atoms with E-state index in [1.165, 1.54) is 0 Å². The van der Waals surface area contributed by atoms with Gasteiger partial charge in [-0.15, -0.1) is 6.58 Å². The van der Waals surface area contributed by atoms with Gasteiger partial charge in [-0.05, 0) is 53.9 Å². The van der Waals surface area contributed by atoms with Crippen molar-refractivity contribution in [2.24, 2.45) is 0 Å². The molecule has 4 aromatic rings. The van der Waals surface area contributed by atoms with Crippen LogP contribution in [-0.4, -0.2) is 35.7 Å². The third-order valence-corrected chi connectivity index (χ3v) is 6.11. The second kappa shape index (κ2) is 12.3. The monoisotopic (exact) mass is 503 g/mol. The van der Waals surface area contributed by atoms with E-state index in [1.807, 2.05) is 54.6 Å². The lowest BCUT2D eigenvalue weighted by atomic mass is 10.1. The molecule has 0 spiro atoms. The van der Waals surface area contributed by atoms with Crippen LogP contribution in [0.2, 0.25) is 5.02 Å². The number of nitrogens with zero attached hydrogens (tertiary/aromatic N) is 2. The first-order valence-corrected chi connectivity index (χ1v) is 12.3. The van der Waals surface area contributed by atoms with Crippen molar-refractivity contribution in [2.75, 3.05) is 20.3 Å². The van der Waals surface area contributed by atoms with Crippen LogP contribution in [0.3, 0.4) is 0 Å². The number of nitrogens with one attached hydrogen (secondary N) is 1. The summed E-state index contributed by atoms with van der Waals surface area (Å²) in [5, 5.41) is 3.66. The van der Waals surface area contributed by atoms with Crippen LogP contribution in [0.25, 0.3) is 11.0 Å². The molecule has 0 aliphatic rings. The number of para-hydroxylation sites is 2. The molecular weight excluding hydrogens is 474 g/mol. The van der Waals surface area contributed by atoms with E-state index in [9.17, 15) is 4.79 Å². The lowest BCUT2D eigenvalue weighted by Gasteiger charge is -2.14. The molecule has 0 aliphatic carbocycles. The molecule has 4 rings (SSSR count). The van der Waals surface area contributed by atoms with Crippen LogP contribution in [0.4, 0.5) is 0 Å². The third-order valence-electron chi connectivity index (χ3n) is 5.86. The second-order valence-electron chi connectivity index (χ2n) is 8.40. The highest BCUT2D eigenvalue weighted by Crippen LogP contribution is 2.28. The summed E-state index contributed by atoms with van der Waals surface area (Å²) in [5.41, 5.74) is 4.01. The minimum absolute atomic E-state index is 0.0321. The van der Waals surface area contributed by atoms with Crippen LogP contribution >= 0.6 is 11.6 Å². The number of halogens is 1. The molecule has 0 bridgehead atoms. The number of ether oxygens (including phenoxy) is 2. The molecule has 0 radical (unpaired) electrons. The minimum atomic E-state index is -0.0321. The van der Waals surface area contributed by atoms with Crippen molar-refractivity contribution in [2.45, 2.75) is 25.8 Å². The highest BCUT2D eigenvalue weighted by atomic mass is 35.5. The van der Waals surface area contributed by atoms with Crippen LogP contribution < -0.4 is 14.8 Å². The molecule has 6 nitrogen and oxygen atoms in total. The van der Waals surface area contributed by atoms with Crippen molar-refractivity contribution < 1.29 is 14.3 Å². The predicted molar refractivity (Wildman–Crippen MR) is 144 cm³/mol. The molecule has 1 heterocycles. The fourth-order valence-electron chi connectivity index (χ4n) is 4.10. The predicted octanol–water partition coefficient (Wildman–Crippen LogP) is 5.41.